The van der Waals surface area contributed by atoms with Crippen LogP contribution in [0.3, 0.4) is 0 Å². The molecule has 7 heteroatoms. The minimum atomic E-state index is -0.541. The van der Waals surface area contributed by atoms with E-state index in [1.807, 2.05) is 32.0 Å². The van der Waals surface area contributed by atoms with Crippen molar-refractivity contribution >= 4 is 63.9 Å². The van der Waals surface area contributed by atoms with E-state index >= 15 is 0 Å². The summed E-state index contributed by atoms with van der Waals surface area (Å²) in [6.45, 7) is 3.92. The summed E-state index contributed by atoms with van der Waals surface area (Å²) in [6, 6.07) is 5.69. The lowest BCUT2D eigenvalue weighted by atomic mass is 10.0. The molecule has 25 heavy (non-hydrogen) atoms. The van der Waals surface area contributed by atoms with Crippen LogP contribution in [-0.4, -0.2) is 11.8 Å². The zero-order valence-electron chi connectivity index (χ0n) is 13.4. The number of hydrogen-bond donors (Lipinski definition) is 0. The predicted molar refractivity (Wildman–Crippen MR) is 103 cm³/mol. The lowest BCUT2D eigenvalue weighted by Gasteiger charge is -2.21. The van der Waals surface area contributed by atoms with Crippen molar-refractivity contribution in [3.05, 3.63) is 60.5 Å². The Balaban J connectivity index is 2.31. The van der Waals surface area contributed by atoms with E-state index in [9.17, 15) is 9.59 Å². The fourth-order valence-corrected chi connectivity index (χ4v) is 4.07. The van der Waals surface area contributed by atoms with Gasteiger partial charge in [-0.1, -0.05) is 78.5 Å². The van der Waals surface area contributed by atoms with Crippen LogP contribution >= 0.6 is 46.4 Å². The van der Waals surface area contributed by atoms with Gasteiger partial charge in [0.15, 0.2) is 0 Å². The number of carbonyl (C=O) groups is 2. The highest BCUT2D eigenvalue weighted by Gasteiger charge is 2.43. The van der Waals surface area contributed by atoms with Gasteiger partial charge in [-0.25, -0.2) is 4.90 Å². The fourth-order valence-electron chi connectivity index (χ4n) is 3.05. The van der Waals surface area contributed by atoms with E-state index in [4.69, 9.17) is 46.4 Å². The quantitative estimate of drug-likeness (QED) is 0.338. The van der Waals surface area contributed by atoms with E-state index in [2.05, 4.69) is 0 Å². The average Bonchev–Trinajstić information content (AvgIpc) is 2.87. The molecule has 0 saturated carbocycles. The molecule has 0 fully saturated rings. The number of fused-ring (bicyclic) bond motifs is 1. The van der Waals surface area contributed by atoms with Crippen LogP contribution in [-0.2, 0) is 12.8 Å². The van der Waals surface area contributed by atoms with Crippen LogP contribution in [0.25, 0.3) is 0 Å². The van der Waals surface area contributed by atoms with Crippen molar-refractivity contribution < 1.29 is 9.59 Å². The van der Waals surface area contributed by atoms with E-state index < -0.39 is 11.8 Å². The number of para-hydroxylation sites is 1. The number of hydrogen-bond acceptors (Lipinski definition) is 2. The van der Waals surface area contributed by atoms with Crippen molar-refractivity contribution in [3.8, 4) is 0 Å². The first-order chi connectivity index (χ1) is 11.8. The van der Waals surface area contributed by atoms with Crippen molar-refractivity contribution in [1.82, 2.24) is 0 Å². The van der Waals surface area contributed by atoms with E-state index in [-0.39, 0.29) is 31.2 Å². The third kappa shape index (κ3) is 2.65. The van der Waals surface area contributed by atoms with Crippen LogP contribution in [0.5, 0.6) is 0 Å². The minimum Gasteiger partial charge on any atom is -0.268 e. The van der Waals surface area contributed by atoms with Crippen LogP contribution in [0.1, 0.15) is 45.7 Å². The van der Waals surface area contributed by atoms with Gasteiger partial charge in [0.05, 0.1) is 36.9 Å². The lowest BCUT2D eigenvalue weighted by molar-refractivity contribution is 0.0925. The maximum Gasteiger partial charge on any atom is 0.267 e. The van der Waals surface area contributed by atoms with E-state index in [1.54, 1.807) is 0 Å². The van der Waals surface area contributed by atoms with Crippen molar-refractivity contribution in [2.24, 2.45) is 0 Å². The van der Waals surface area contributed by atoms with E-state index in [0.717, 1.165) is 16.0 Å². The molecule has 0 bridgehead atoms. The molecule has 0 spiro atoms. The fraction of sp³-hybridized carbons (Fsp3) is 0.222. The monoisotopic (exact) mass is 415 g/mol. The van der Waals surface area contributed by atoms with Crippen molar-refractivity contribution in [1.29, 1.82) is 0 Å². The number of rotatable bonds is 3. The summed E-state index contributed by atoms with van der Waals surface area (Å²) < 4.78 is 0. The molecule has 2 amide bonds. The Morgan fingerprint density at radius 2 is 1.16 bits per heavy atom. The highest BCUT2D eigenvalue weighted by molar-refractivity contribution is 6.56. The van der Waals surface area contributed by atoms with Crippen LogP contribution in [0, 0.1) is 0 Å². The summed E-state index contributed by atoms with van der Waals surface area (Å²) in [6.07, 6.45) is 1.33. The zero-order chi connectivity index (χ0) is 18.5. The molecular weight excluding hydrogens is 404 g/mol. The Labute approximate surface area is 165 Å². The number of carbonyl (C=O) groups excluding carboxylic acids is 2. The third-order valence-electron chi connectivity index (χ3n) is 4.29. The number of aryl methyl sites for hydroxylation is 2. The standard InChI is InChI=1S/C18H13Cl4NO2/c1-3-8-6-5-7-9(4-2)16(8)23-17(24)10-11(18(23)25)13(20)15(22)14(21)12(10)19/h5-7H,3-4H2,1-2H3. The summed E-state index contributed by atoms with van der Waals surface area (Å²) in [5.41, 5.74) is 2.35. The van der Waals surface area contributed by atoms with Gasteiger partial charge >= 0.3 is 0 Å². The molecule has 2 aromatic carbocycles. The maximum atomic E-state index is 13.0. The van der Waals surface area contributed by atoms with E-state index in [0.29, 0.717) is 18.5 Å². The summed E-state index contributed by atoms with van der Waals surface area (Å²) in [4.78, 5) is 27.2. The Morgan fingerprint density at radius 3 is 1.52 bits per heavy atom. The van der Waals surface area contributed by atoms with Crippen molar-refractivity contribution in [2.45, 2.75) is 26.7 Å². The molecule has 3 rings (SSSR count). The number of anilines is 1. The number of benzene rings is 2. The molecule has 0 aliphatic carbocycles. The smallest absolute Gasteiger partial charge is 0.267 e. The second kappa shape index (κ2) is 6.81. The second-order valence-electron chi connectivity index (χ2n) is 5.58. The normalized spacial score (nSPS) is 13.6. The third-order valence-corrected chi connectivity index (χ3v) is 6.09. The molecule has 0 atom stereocenters. The molecule has 0 N–H and O–H groups in total. The molecule has 130 valence electrons. The molecular formula is C18H13Cl4NO2. The first kappa shape index (κ1) is 18.5. The second-order valence-corrected chi connectivity index (χ2v) is 7.10. The Kier molecular flexibility index (Phi) is 5.04. The topological polar surface area (TPSA) is 37.4 Å². The van der Waals surface area contributed by atoms with Gasteiger partial charge in [-0.3, -0.25) is 9.59 Å². The molecule has 3 nitrogen and oxygen atoms in total. The van der Waals surface area contributed by atoms with Gasteiger partial charge in [-0.2, -0.15) is 0 Å². The van der Waals surface area contributed by atoms with Gasteiger partial charge in [0.25, 0.3) is 11.8 Å². The Bertz CT molecular complexity index is 855. The SMILES string of the molecule is CCc1cccc(CC)c1N1C(=O)c2c(Cl)c(Cl)c(Cl)c(Cl)c2C1=O. The minimum absolute atomic E-state index is 0.000902. The molecule has 0 aromatic heterocycles. The Morgan fingerprint density at radius 1 is 0.760 bits per heavy atom. The largest absolute Gasteiger partial charge is 0.268 e. The van der Waals surface area contributed by atoms with Gasteiger partial charge in [-0.15, -0.1) is 0 Å². The summed E-state index contributed by atoms with van der Waals surface area (Å²) in [5, 5.41) is -0.179. The number of nitrogens with zero attached hydrogens (tertiary/aromatic N) is 1. The summed E-state index contributed by atoms with van der Waals surface area (Å²) >= 11 is 24.5. The van der Waals surface area contributed by atoms with Gasteiger partial charge in [0.1, 0.15) is 0 Å². The zero-order valence-corrected chi connectivity index (χ0v) is 16.4. The number of halogens is 4. The molecule has 1 aliphatic rings. The summed E-state index contributed by atoms with van der Waals surface area (Å²) in [5.74, 6) is -1.08. The molecule has 0 radical (unpaired) electrons. The van der Waals surface area contributed by atoms with Crippen molar-refractivity contribution in [2.75, 3.05) is 4.90 Å². The van der Waals surface area contributed by atoms with Gasteiger partial charge < -0.3 is 0 Å². The first-order valence-corrected chi connectivity index (χ1v) is 9.21. The molecule has 2 aromatic rings. The highest BCUT2D eigenvalue weighted by Crippen LogP contribution is 2.46. The van der Waals surface area contributed by atoms with Crippen LogP contribution in [0.15, 0.2) is 18.2 Å². The van der Waals surface area contributed by atoms with E-state index in [1.165, 1.54) is 0 Å². The number of amides is 2. The van der Waals surface area contributed by atoms with Gasteiger partial charge in [0.2, 0.25) is 0 Å². The summed E-state index contributed by atoms with van der Waals surface area (Å²) in [7, 11) is 0. The average molecular weight is 417 g/mol. The molecule has 0 saturated heterocycles. The number of imide groups is 1. The van der Waals surface area contributed by atoms with Crippen LogP contribution in [0.2, 0.25) is 20.1 Å². The van der Waals surface area contributed by atoms with Crippen LogP contribution in [0.4, 0.5) is 5.69 Å². The highest BCUT2D eigenvalue weighted by atomic mass is 35.5. The molecule has 1 heterocycles. The van der Waals surface area contributed by atoms with Crippen LogP contribution < -0.4 is 4.90 Å². The lowest BCUT2D eigenvalue weighted by Crippen LogP contribution is -2.31. The Hall–Kier alpha value is -1.26. The van der Waals surface area contributed by atoms with Crippen molar-refractivity contribution in [3.63, 3.8) is 0 Å². The first-order valence-electron chi connectivity index (χ1n) is 7.70. The molecule has 0 unspecified atom stereocenters. The molecule has 1 aliphatic heterocycles. The predicted octanol–water partition coefficient (Wildman–Crippen LogP) is 6.23. The van der Waals surface area contributed by atoms with Gasteiger partial charge in [-0.05, 0) is 24.0 Å². The van der Waals surface area contributed by atoms with Gasteiger partial charge in [0, 0.05) is 0 Å². The maximum absolute atomic E-state index is 13.0.